The van der Waals surface area contributed by atoms with Crippen LogP contribution in [0.4, 0.5) is 5.69 Å². The highest BCUT2D eigenvalue weighted by Crippen LogP contribution is 2.28. The van der Waals surface area contributed by atoms with Gasteiger partial charge in [0.05, 0.1) is 29.1 Å². The lowest BCUT2D eigenvalue weighted by Gasteiger charge is -2.31. The second kappa shape index (κ2) is 11.6. The zero-order valence-corrected chi connectivity index (χ0v) is 21.2. The van der Waals surface area contributed by atoms with Gasteiger partial charge in [-0.2, -0.15) is 0 Å². The van der Waals surface area contributed by atoms with Crippen LogP contribution in [0.1, 0.15) is 19.4 Å². The lowest BCUT2D eigenvalue weighted by molar-refractivity contribution is -0.139. The summed E-state index contributed by atoms with van der Waals surface area (Å²) >= 11 is 12.0. The van der Waals surface area contributed by atoms with Gasteiger partial charge in [-0.25, -0.2) is 8.42 Å². The monoisotopic (exact) mass is 515 g/mol. The highest BCUT2D eigenvalue weighted by atomic mass is 35.5. The predicted octanol–water partition coefficient (Wildman–Crippen LogP) is 3.32. The third-order valence-corrected chi connectivity index (χ3v) is 6.76. The van der Waals surface area contributed by atoms with E-state index >= 15 is 0 Å². The van der Waals surface area contributed by atoms with E-state index in [2.05, 4.69) is 5.32 Å². The zero-order chi connectivity index (χ0) is 24.8. The van der Waals surface area contributed by atoms with Gasteiger partial charge in [-0.05, 0) is 49.7 Å². The molecule has 0 aliphatic rings. The first-order valence-electron chi connectivity index (χ1n) is 10.1. The molecule has 0 bridgehead atoms. The second-order valence-electron chi connectivity index (χ2n) is 7.31. The van der Waals surface area contributed by atoms with Crippen LogP contribution in [0.5, 0.6) is 5.75 Å². The summed E-state index contributed by atoms with van der Waals surface area (Å²) in [4.78, 5) is 27.3. The number of halogens is 2. The van der Waals surface area contributed by atoms with Crippen molar-refractivity contribution in [3.63, 3.8) is 0 Å². The van der Waals surface area contributed by atoms with Crippen molar-refractivity contribution >= 4 is 50.7 Å². The highest BCUT2D eigenvalue weighted by Gasteiger charge is 2.30. The molecular weight excluding hydrogens is 489 g/mol. The Kier molecular flexibility index (Phi) is 9.39. The highest BCUT2D eigenvalue weighted by molar-refractivity contribution is 7.92. The van der Waals surface area contributed by atoms with Gasteiger partial charge in [0.1, 0.15) is 18.3 Å². The van der Waals surface area contributed by atoms with E-state index in [1.54, 1.807) is 38.1 Å². The number of methoxy groups -OCH3 is 1. The summed E-state index contributed by atoms with van der Waals surface area (Å²) in [6, 6.07) is 10.5. The summed E-state index contributed by atoms with van der Waals surface area (Å²) in [7, 11) is -2.32. The average molecular weight is 516 g/mol. The van der Waals surface area contributed by atoms with Crippen LogP contribution in [-0.2, 0) is 26.2 Å². The van der Waals surface area contributed by atoms with Crippen LogP contribution < -0.4 is 14.4 Å². The maximum atomic E-state index is 13.4. The molecule has 33 heavy (non-hydrogen) atoms. The predicted molar refractivity (Wildman–Crippen MR) is 130 cm³/mol. The molecule has 0 fully saturated rings. The normalized spacial score (nSPS) is 12.1. The number of amides is 2. The topological polar surface area (TPSA) is 96.0 Å². The van der Waals surface area contributed by atoms with E-state index in [9.17, 15) is 18.0 Å². The molecule has 0 unspecified atom stereocenters. The lowest BCUT2D eigenvalue weighted by atomic mass is 10.1. The standard InChI is InChI=1S/C22H27Cl2N3O5S/c1-5-25-22(29)15(2)26(13-16-7-6-8-18(11-16)32-3)21(28)14-27(33(4,30)31)17-9-10-19(23)20(24)12-17/h6-12,15H,5,13-14H2,1-4H3,(H,25,29)/t15-/m0/s1. The Morgan fingerprint density at radius 3 is 2.39 bits per heavy atom. The van der Waals surface area contributed by atoms with Crippen molar-refractivity contribution in [3.8, 4) is 5.75 Å². The minimum absolute atomic E-state index is 0.0767. The number of benzene rings is 2. The van der Waals surface area contributed by atoms with Gasteiger partial charge in [0, 0.05) is 13.1 Å². The van der Waals surface area contributed by atoms with E-state index in [-0.39, 0.29) is 28.2 Å². The Morgan fingerprint density at radius 1 is 1.12 bits per heavy atom. The second-order valence-corrected chi connectivity index (χ2v) is 10.0. The number of nitrogens with zero attached hydrogens (tertiary/aromatic N) is 2. The molecule has 2 aromatic carbocycles. The molecule has 11 heteroatoms. The smallest absolute Gasteiger partial charge is 0.244 e. The molecule has 0 saturated heterocycles. The molecule has 1 atom stereocenters. The van der Waals surface area contributed by atoms with E-state index in [0.29, 0.717) is 12.3 Å². The van der Waals surface area contributed by atoms with Crippen LogP contribution in [0.15, 0.2) is 42.5 Å². The van der Waals surface area contributed by atoms with Gasteiger partial charge in [0.25, 0.3) is 0 Å². The summed E-state index contributed by atoms with van der Waals surface area (Å²) in [5.74, 6) is -0.318. The van der Waals surface area contributed by atoms with Crippen molar-refractivity contribution in [3.05, 3.63) is 58.1 Å². The fourth-order valence-electron chi connectivity index (χ4n) is 3.13. The van der Waals surface area contributed by atoms with E-state index in [1.807, 2.05) is 0 Å². The van der Waals surface area contributed by atoms with Crippen LogP contribution in [0.25, 0.3) is 0 Å². The van der Waals surface area contributed by atoms with E-state index < -0.39 is 28.5 Å². The molecular formula is C22H27Cl2N3O5S. The summed E-state index contributed by atoms with van der Waals surface area (Å²) in [6.07, 6.45) is 0.989. The van der Waals surface area contributed by atoms with Crippen molar-refractivity contribution in [1.29, 1.82) is 0 Å². The number of sulfonamides is 1. The van der Waals surface area contributed by atoms with E-state index in [4.69, 9.17) is 27.9 Å². The molecule has 1 N–H and O–H groups in total. The third-order valence-electron chi connectivity index (χ3n) is 4.88. The summed E-state index contributed by atoms with van der Waals surface area (Å²) in [5, 5.41) is 3.10. The Labute approximate surface area is 204 Å². The van der Waals surface area contributed by atoms with Crippen LogP contribution >= 0.6 is 23.2 Å². The number of hydrogen-bond donors (Lipinski definition) is 1. The molecule has 0 saturated carbocycles. The van der Waals surface area contributed by atoms with Crippen LogP contribution in [0.2, 0.25) is 10.0 Å². The van der Waals surface area contributed by atoms with Crippen molar-refractivity contribution in [2.75, 3.05) is 30.8 Å². The molecule has 2 aromatic rings. The van der Waals surface area contributed by atoms with E-state index in [1.165, 1.54) is 30.2 Å². The zero-order valence-electron chi connectivity index (χ0n) is 18.8. The summed E-state index contributed by atoms with van der Waals surface area (Å²) in [5.41, 5.74) is 0.909. The molecule has 0 aliphatic heterocycles. The van der Waals surface area contributed by atoms with Gasteiger partial charge < -0.3 is 15.0 Å². The molecule has 8 nitrogen and oxygen atoms in total. The number of likely N-dealkylation sites (N-methyl/N-ethyl adjacent to an activating group) is 1. The summed E-state index contributed by atoms with van der Waals surface area (Å²) in [6.45, 7) is 3.31. The Morgan fingerprint density at radius 2 is 1.82 bits per heavy atom. The third kappa shape index (κ3) is 7.25. The Hall–Kier alpha value is -2.49. The van der Waals surface area contributed by atoms with Gasteiger partial charge in [0.2, 0.25) is 21.8 Å². The average Bonchev–Trinajstić information content (AvgIpc) is 2.76. The van der Waals surface area contributed by atoms with Crippen LogP contribution in [0, 0.1) is 0 Å². The first kappa shape index (κ1) is 26.8. The lowest BCUT2D eigenvalue weighted by Crippen LogP contribution is -2.51. The van der Waals surface area contributed by atoms with Crippen molar-refractivity contribution in [2.24, 2.45) is 0 Å². The van der Waals surface area contributed by atoms with Crippen molar-refractivity contribution in [2.45, 2.75) is 26.4 Å². The molecule has 180 valence electrons. The number of rotatable bonds is 10. The van der Waals surface area contributed by atoms with E-state index in [0.717, 1.165) is 16.1 Å². The maximum Gasteiger partial charge on any atom is 0.244 e. The first-order valence-corrected chi connectivity index (χ1v) is 12.7. The number of ether oxygens (including phenoxy) is 1. The van der Waals surface area contributed by atoms with Gasteiger partial charge in [0.15, 0.2) is 0 Å². The van der Waals surface area contributed by atoms with Crippen molar-refractivity contribution < 1.29 is 22.7 Å². The fourth-order valence-corrected chi connectivity index (χ4v) is 4.26. The number of hydrogen-bond acceptors (Lipinski definition) is 5. The SMILES string of the molecule is CCNC(=O)[C@H](C)N(Cc1cccc(OC)c1)C(=O)CN(c1ccc(Cl)c(Cl)c1)S(C)(=O)=O. The van der Waals surface area contributed by atoms with Crippen molar-refractivity contribution in [1.82, 2.24) is 10.2 Å². The first-order chi connectivity index (χ1) is 15.5. The molecule has 2 rings (SSSR count). The minimum Gasteiger partial charge on any atom is -0.497 e. The van der Waals surface area contributed by atoms with Gasteiger partial charge in [-0.3, -0.25) is 13.9 Å². The molecule has 0 heterocycles. The summed E-state index contributed by atoms with van der Waals surface area (Å²) < 4.78 is 31.2. The van der Waals surface area contributed by atoms with Crippen LogP contribution in [0.3, 0.4) is 0 Å². The molecule has 0 spiro atoms. The van der Waals surface area contributed by atoms with Gasteiger partial charge in [-0.15, -0.1) is 0 Å². The molecule has 2 amide bonds. The minimum atomic E-state index is -3.85. The molecule has 0 aromatic heterocycles. The molecule has 0 radical (unpaired) electrons. The van der Waals surface area contributed by atoms with Gasteiger partial charge >= 0.3 is 0 Å². The number of carbonyl (C=O) groups excluding carboxylic acids is 2. The van der Waals surface area contributed by atoms with Gasteiger partial charge in [-0.1, -0.05) is 35.3 Å². The number of anilines is 1. The maximum absolute atomic E-state index is 13.4. The quantitative estimate of drug-likeness (QED) is 0.523. The van der Waals surface area contributed by atoms with Crippen LogP contribution in [-0.4, -0.2) is 57.6 Å². The molecule has 0 aliphatic carbocycles. The Balaban J connectivity index is 2.41. The largest absolute Gasteiger partial charge is 0.497 e. The Bertz CT molecular complexity index is 1110. The number of carbonyl (C=O) groups is 2. The number of nitrogens with one attached hydrogen (secondary N) is 1. The fraction of sp³-hybridized carbons (Fsp3) is 0.364.